The molecule has 0 aliphatic carbocycles. The Bertz CT molecular complexity index is 539. The van der Waals surface area contributed by atoms with Gasteiger partial charge in [0.1, 0.15) is 0 Å². The van der Waals surface area contributed by atoms with Crippen LogP contribution >= 0.6 is 0 Å². The summed E-state index contributed by atoms with van der Waals surface area (Å²) in [5.41, 5.74) is 7.17. The molecule has 0 amide bonds. The molecule has 4 N–H and O–H groups in total. The molecule has 0 fully saturated rings. The lowest BCUT2D eigenvalue weighted by Gasteiger charge is -2.24. The fourth-order valence-corrected chi connectivity index (χ4v) is 3.08. The summed E-state index contributed by atoms with van der Waals surface area (Å²) in [5.74, 6) is 0.565. The maximum atomic E-state index is 11.7. The minimum Gasteiger partial charge on any atom is -0.397 e. The van der Waals surface area contributed by atoms with Crippen LogP contribution in [0.15, 0.2) is 23.1 Å². The Morgan fingerprint density at radius 1 is 1.25 bits per heavy atom. The summed E-state index contributed by atoms with van der Waals surface area (Å²) in [4.78, 5) is 0.179. The SMILES string of the molecule is CCC(CC)C(C)Nc1ccc(S(=O)(=O)NC)cc1N. The van der Waals surface area contributed by atoms with Crippen molar-refractivity contribution in [3.05, 3.63) is 18.2 Å². The van der Waals surface area contributed by atoms with Crippen molar-refractivity contribution < 1.29 is 8.42 Å². The van der Waals surface area contributed by atoms with E-state index in [4.69, 9.17) is 5.73 Å². The number of hydrogen-bond acceptors (Lipinski definition) is 4. The molecule has 0 bridgehead atoms. The average molecular weight is 299 g/mol. The molecule has 1 aromatic carbocycles. The number of benzene rings is 1. The molecule has 0 heterocycles. The molecule has 20 heavy (non-hydrogen) atoms. The first kappa shape index (κ1) is 16.8. The Hall–Kier alpha value is -1.27. The van der Waals surface area contributed by atoms with Gasteiger partial charge in [-0.15, -0.1) is 0 Å². The van der Waals surface area contributed by atoms with Crippen molar-refractivity contribution in [3.8, 4) is 0 Å². The maximum Gasteiger partial charge on any atom is 0.240 e. The summed E-state index contributed by atoms with van der Waals surface area (Å²) in [7, 11) is -2.07. The minimum atomic E-state index is -3.45. The molecule has 0 saturated carbocycles. The molecule has 0 aliphatic heterocycles. The molecule has 6 heteroatoms. The smallest absolute Gasteiger partial charge is 0.240 e. The van der Waals surface area contributed by atoms with Crippen molar-refractivity contribution >= 4 is 21.4 Å². The Morgan fingerprint density at radius 3 is 2.30 bits per heavy atom. The largest absolute Gasteiger partial charge is 0.397 e. The van der Waals surface area contributed by atoms with E-state index in [0.29, 0.717) is 17.6 Å². The van der Waals surface area contributed by atoms with Gasteiger partial charge in [0.25, 0.3) is 0 Å². The molecule has 0 aliphatic rings. The van der Waals surface area contributed by atoms with E-state index in [1.807, 2.05) is 0 Å². The van der Waals surface area contributed by atoms with Gasteiger partial charge in [0.15, 0.2) is 0 Å². The molecule has 114 valence electrons. The van der Waals surface area contributed by atoms with Crippen LogP contribution in [0.2, 0.25) is 0 Å². The summed E-state index contributed by atoms with van der Waals surface area (Å²) in [6, 6.07) is 5.05. The summed E-state index contributed by atoms with van der Waals surface area (Å²) >= 11 is 0. The van der Waals surface area contributed by atoms with Gasteiger partial charge in [0, 0.05) is 6.04 Å². The molecule has 1 aromatic rings. The van der Waals surface area contributed by atoms with Gasteiger partial charge in [-0.3, -0.25) is 0 Å². The predicted molar refractivity (Wildman–Crippen MR) is 84.3 cm³/mol. The minimum absolute atomic E-state index is 0.179. The second-order valence-corrected chi connectivity index (χ2v) is 6.85. The number of nitrogens with two attached hydrogens (primary N) is 1. The van der Waals surface area contributed by atoms with Gasteiger partial charge in [-0.05, 0) is 38.1 Å². The number of anilines is 2. The number of sulfonamides is 1. The predicted octanol–water partition coefficient (Wildman–Crippen LogP) is 2.41. The van der Waals surface area contributed by atoms with Crippen molar-refractivity contribution in [2.45, 2.75) is 44.6 Å². The number of nitrogen functional groups attached to an aromatic ring is 1. The van der Waals surface area contributed by atoms with Crippen molar-refractivity contribution in [2.24, 2.45) is 5.92 Å². The van der Waals surface area contributed by atoms with E-state index < -0.39 is 10.0 Å². The third-order valence-electron chi connectivity index (χ3n) is 3.74. The zero-order chi connectivity index (χ0) is 15.3. The second-order valence-electron chi connectivity index (χ2n) is 4.97. The summed E-state index contributed by atoms with van der Waals surface area (Å²) < 4.78 is 25.7. The molecule has 0 saturated heterocycles. The van der Waals surface area contributed by atoms with Gasteiger partial charge in [0.2, 0.25) is 10.0 Å². The van der Waals surface area contributed by atoms with Gasteiger partial charge < -0.3 is 11.1 Å². The normalized spacial score (nSPS) is 13.4. The third-order valence-corrected chi connectivity index (χ3v) is 5.15. The Labute approximate surface area is 122 Å². The lowest BCUT2D eigenvalue weighted by Crippen LogP contribution is -2.25. The van der Waals surface area contributed by atoms with Crippen LogP contribution in [0.1, 0.15) is 33.6 Å². The zero-order valence-corrected chi connectivity index (χ0v) is 13.4. The molecule has 5 nitrogen and oxygen atoms in total. The van der Waals surface area contributed by atoms with Crippen LogP contribution in [-0.4, -0.2) is 21.5 Å². The van der Waals surface area contributed by atoms with E-state index >= 15 is 0 Å². The standard InChI is InChI=1S/C14H25N3O2S/c1-5-11(6-2)10(3)17-14-8-7-12(9-13(14)15)20(18,19)16-4/h7-11,16-17H,5-6,15H2,1-4H3. The maximum absolute atomic E-state index is 11.7. The van der Waals surface area contributed by atoms with E-state index in [1.54, 1.807) is 12.1 Å². The lowest BCUT2D eigenvalue weighted by molar-refractivity contribution is 0.438. The average Bonchev–Trinajstić information content (AvgIpc) is 2.42. The van der Waals surface area contributed by atoms with E-state index in [9.17, 15) is 8.42 Å². The molecule has 1 rings (SSSR count). The highest BCUT2D eigenvalue weighted by atomic mass is 32.2. The first-order chi connectivity index (χ1) is 9.35. The highest BCUT2D eigenvalue weighted by Crippen LogP contribution is 2.25. The lowest BCUT2D eigenvalue weighted by atomic mass is 9.95. The van der Waals surface area contributed by atoms with Crippen LogP contribution in [0, 0.1) is 5.92 Å². The van der Waals surface area contributed by atoms with Crippen molar-refractivity contribution in [1.29, 1.82) is 0 Å². The summed E-state index contributed by atoms with van der Waals surface area (Å²) in [6.07, 6.45) is 2.19. The topological polar surface area (TPSA) is 84.2 Å². The van der Waals surface area contributed by atoms with Crippen molar-refractivity contribution in [1.82, 2.24) is 4.72 Å². The number of nitrogens with one attached hydrogen (secondary N) is 2. The van der Waals surface area contributed by atoms with E-state index in [1.165, 1.54) is 13.1 Å². The first-order valence-corrected chi connectivity index (χ1v) is 8.43. The molecular formula is C14H25N3O2S. The molecule has 0 radical (unpaired) electrons. The van der Waals surface area contributed by atoms with Crippen molar-refractivity contribution in [3.63, 3.8) is 0 Å². The number of rotatable bonds is 7. The fraction of sp³-hybridized carbons (Fsp3) is 0.571. The van der Waals surface area contributed by atoms with Gasteiger partial charge in [-0.1, -0.05) is 26.7 Å². The first-order valence-electron chi connectivity index (χ1n) is 6.95. The van der Waals surface area contributed by atoms with Crippen LogP contribution in [0.3, 0.4) is 0 Å². The quantitative estimate of drug-likeness (QED) is 0.675. The molecule has 1 atom stereocenters. The number of hydrogen-bond donors (Lipinski definition) is 3. The van der Waals surface area contributed by atoms with Crippen LogP contribution in [0.5, 0.6) is 0 Å². The molecule has 0 aromatic heterocycles. The summed E-state index contributed by atoms with van der Waals surface area (Å²) in [5, 5.41) is 3.37. The Morgan fingerprint density at radius 2 is 1.85 bits per heavy atom. The van der Waals surface area contributed by atoms with Crippen LogP contribution < -0.4 is 15.8 Å². The summed E-state index contributed by atoms with van der Waals surface area (Å²) in [6.45, 7) is 6.45. The fourth-order valence-electron chi connectivity index (χ4n) is 2.32. The highest BCUT2D eigenvalue weighted by molar-refractivity contribution is 7.89. The Kier molecular flexibility index (Phi) is 5.83. The Balaban J connectivity index is 2.95. The molecular weight excluding hydrogens is 274 g/mol. The van der Waals surface area contributed by atoms with E-state index in [2.05, 4.69) is 30.8 Å². The van der Waals surface area contributed by atoms with Crippen LogP contribution in [-0.2, 0) is 10.0 Å². The zero-order valence-electron chi connectivity index (χ0n) is 12.6. The van der Waals surface area contributed by atoms with Gasteiger partial charge >= 0.3 is 0 Å². The monoisotopic (exact) mass is 299 g/mol. The second kappa shape index (κ2) is 6.95. The molecule has 0 spiro atoms. The van der Waals surface area contributed by atoms with Crippen LogP contribution in [0.25, 0.3) is 0 Å². The third kappa shape index (κ3) is 3.86. The highest BCUT2D eigenvalue weighted by Gasteiger charge is 2.16. The molecule has 1 unspecified atom stereocenters. The van der Waals surface area contributed by atoms with Gasteiger partial charge in [0.05, 0.1) is 16.3 Å². The van der Waals surface area contributed by atoms with E-state index in [-0.39, 0.29) is 4.90 Å². The van der Waals surface area contributed by atoms with Crippen LogP contribution in [0.4, 0.5) is 11.4 Å². The van der Waals surface area contributed by atoms with E-state index in [0.717, 1.165) is 18.5 Å². The van der Waals surface area contributed by atoms with Gasteiger partial charge in [-0.25, -0.2) is 13.1 Å². The van der Waals surface area contributed by atoms with Crippen molar-refractivity contribution in [2.75, 3.05) is 18.1 Å². The van der Waals surface area contributed by atoms with Gasteiger partial charge in [-0.2, -0.15) is 0 Å².